The van der Waals surface area contributed by atoms with E-state index in [0.717, 1.165) is 6.42 Å². The molecule has 2 rings (SSSR count). The second kappa shape index (κ2) is 7.56. The number of rotatable bonds is 7. The molecule has 0 aromatic heterocycles. The minimum Gasteiger partial charge on any atom is -0.392 e. The lowest BCUT2D eigenvalue weighted by atomic mass is 9.80. The van der Waals surface area contributed by atoms with Crippen molar-refractivity contribution in [1.82, 2.24) is 5.32 Å². The Kier molecular flexibility index (Phi) is 5.88. The van der Waals surface area contributed by atoms with Crippen molar-refractivity contribution in [3.8, 4) is 0 Å². The monoisotopic (exact) mass is 346 g/mol. The predicted octanol–water partition coefficient (Wildman–Crippen LogP) is 3.05. The topological polar surface area (TPSA) is 78.4 Å². The molecule has 3 atom stereocenters. The van der Waals surface area contributed by atoms with E-state index in [2.05, 4.69) is 17.6 Å². The molecule has 0 aliphatic heterocycles. The first-order chi connectivity index (χ1) is 11.6. The summed E-state index contributed by atoms with van der Waals surface area (Å²) in [6, 6.07) is 6.95. The molecule has 2 amide bonds. The van der Waals surface area contributed by atoms with Crippen molar-refractivity contribution >= 4 is 17.5 Å². The number of benzene rings is 1. The molecule has 0 heterocycles. The zero-order valence-corrected chi connectivity index (χ0v) is 15.8. The Labute approximate surface area is 150 Å². The Morgan fingerprint density at radius 2 is 1.96 bits per heavy atom. The molecule has 0 spiro atoms. The van der Waals surface area contributed by atoms with Gasteiger partial charge < -0.3 is 15.7 Å². The number of nitrogens with one attached hydrogen (secondary N) is 2. The number of hydrogen-bond donors (Lipinski definition) is 3. The molecule has 5 heteroatoms. The Hall–Kier alpha value is -1.88. The maximum absolute atomic E-state index is 12.4. The lowest BCUT2D eigenvalue weighted by Crippen LogP contribution is -2.43. The van der Waals surface area contributed by atoms with E-state index in [1.54, 1.807) is 24.3 Å². The van der Waals surface area contributed by atoms with Gasteiger partial charge in [-0.3, -0.25) is 9.59 Å². The Bertz CT molecular complexity index is 640. The number of aliphatic hydroxyl groups is 1. The van der Waals surface area contributed by atoms with Crippen LogP contribution in [0.15, 0.2) is 24.3 Å². The third kappa shape index (κ3) is 5.05. The van der Waals surface area contributed by atoms with E-state index in [-0.39, 0.29) is 23.7 Å². The molecule has 138 valence electrons. The molecule has 0 radical (unpaired) electrons. The fraction of sp³-hybridized carbons (Fsp3) is 0.600. The minimum absolute atomic E-state index is 0.0197. The molecular formula is C20H30N2O3. The average molecular weight is 346 g/mol. The highest BCUT2D eigenvalue weighted by Crippen LogP contribution is 2.38. The summed E-state index contributed by atoms with van der Waals surface area (Å²) in [6.45, 7) is 10.2. The Balaban J connectivity index is 1.95. The van der Waals surface area contributed by atoms with Crippen LogP contribution in [-0.4, -0.2) is 29.6 Å². The highest BCUT2D eigenvalue weighted by atomic mass is 16.3. The van der Waals surface area contributed by atoms with Crippen LogP contribution < -0.4 is 10.6 Å². The van der Waals surface area contributed by atoms with E-state index in [1.807, 2.05) is 27.7 Å². The van der Waals surface area contributed by atoms with E-state index in [9.17, 15) is 14.7 Å². The van der Waals surface area contributed by atoms with Gasteiger partial charge >= 0.3 is 0 Å². The van der Waals surface area contributed by atoms with Gasteiger partial charge in [0.1, 0.15) is 0 Å². The van der Waals surface area contributed by atoms with E-state index in [0.29, 0.717) is 23.7 Å². The van der Waals surface area contributed by atoms with Crippen LogP contribution in [0.1, 0.15) is 51.4 Å². The van der Waals surface area contributed by atoms with Crippen LogP contribution in [0.5, 0.6) is 0 Å². The van der Waals surface area contributed by atoms with Gasteiger partial charge in [-0.2, -0.15) is 0 Å². The van der Waals surface area contributed by atoms with Crippen molar-refractivity contribution in [3.63, 3.8) is 0 Å². The van der Waals surface area contributed by atoms with Gasteiger partial charge in [-0.05, 0) is 36.5 Å². The third-order valence-corrected chi connectivity index (χ3v) is 4.98. The molecule has 1 aromatic carbocycles. The first kappa shape index (κ1) is 19.4. The second-order valence-electron chi connectivity index (χ2n) is 8.25. The molecule has 1 aliphatic rings. The van der Waals surface area contributed by atoms with Crippen molar-refractivity contribution in [2.45, 2.75) is 47.1 Å². The summed E-state index contributed by atoms with van der Waals surface area (Å²) in [5.41, 5.74) is 0.715. The van der Waals surface area contributed by atoms with Crippen molar-refractivity contribution in [2.24, 2.45) is 23.2 Å². The molecule has 3 unspecified atom stereocenters. The van der Waals surface area contributed by atoms with Crippen LogP contribution in [0, 0.1) is 23.2 Å². The molecule has 1 aromatic rings. The molecular weight excluding hydrogens is 316 g/mol. The second-order valence-corrected chi connectivity index (χ2v) is 8.25. The number of anilines is 1. The van der Waals surface area contributed by atoms with Crippen LogP contribution in [0.2, 0.25) is 0 Å². The third-order valence-electron chi connectivity index (χ3n) is 4.98. The smallest absolute Gasteiger partial charge is 0.251 e. The van der Waals surface area contributed by atoms with Crippen LogP contribution in [0.25, 0.3) is 0 Å². The van der Waals surface area contributed by atoms with Crippen LogP contribution in [-0.2, 0) is 4.79 Å². The van der Waals surface area contributed by atoms with Crippen molar-refractivity contribution < 1.29 is 14.7 Å². The summed E-state index contributed by atoms with van der Waals surface area (Å²) in [5.74, 6) is 0.471. The standard InChI is InChI=1S/C20H30N2O3/c1-12(2)17(23)20(4,5)11-21-18(24)14-7-6-8-15(10-14)22-19(25)16-9-13(16)3/h6-8,10,12-13,16-17,23H,9,11H2,1-5H3,(H,21,24)(H,22,25). The largest absolute Gasteiger partial charge is 0.392 e. The fourth-order valence-corrected chi connectivity index (χ4v) is 3.08. The van der Waals surface area contributed by atoms with Gasteiger partial charge in [0.2, 0.25) is 5.91 Å². The van der Waals surface area contributed by atoms with Crippen molar-refractivity contribution in [3.05, 3.63) is 29.8 Å². The summed E-state index contributed by atoms with van der Waals surface area (Å²) < 4.78 is 0. The maximum Gasteiger partial charge on any atom is 0.251 e. The van der Waals surface area contributed by atoms with E-state index < -0.39 is 11.5 Å². The first-order valence-electron chi connectivity index (χ1n) is 8.99. The highest BCUT2D eigenvalue weighted by molar-refractivity contribution is 5.98. The summed E-state index contributed by atoms with van der Waals surface area (Å²) in [7, 11) is 0. The van der Waals surface area contributed by atoms with Crippen LogP contribution in [0.3, 0.4) is 0 Å². The average Bonchev–Trinajstić information content (AvgIpc) is 3.29. The SMILES string of the molecule is CC(C)C(O)C(C)(C)CNC(=O)c1cccc(NC(=O)C2CC2C)c1. The van der Waals surface area contributed by atoms with Gasteiger partial charge in [0, 0.05) is 29.1 Å². The van der Waals surface area contributed by atoms with Crippen molar-refractivity contribution in [2.75, 3.05) is 11.9 Å². The molecule has 3 N–H and O–H groups in total. The van der Waals surface area contributed by atoms with Crippen LogP contribution >= 0.6 is 0 Å². The molecule has 25 heavy (non-hydrogen) atoms. The number of amides is 2. The van der Waals surface area contributed by atoms with Crippen molar-refractivity contribution in [1.29, 1.82) is 0 Å². The van der Waals surface area contributed by atoms with E-state index in [4.69, 9.17) is 0 Å². The van der Waals surface area contributed by atoms with Gasteiger partial charge in [0.05, 0.1) is 6.10 Å². The highest BCUT2D eigenvalue weighted by Gasteiger charge is 2.39. The molecule has 1 fully saturated rings. The summed E-state index contributed by atoms with van der Waals surface area (Å²) in [4.78, 5) is 24.4. The predicted molar refractivity (Wildman–Crippen MR) is 99.3 cm³/mol. The number of aliphatic hydroxyl groups excluding tert-OH is 1. The summed E-state index contributed by atoms with van der Waals surface area (Å²) in [6.07, 6.45) is 0.429. The fourth-order valence-electron chi connectivity index (χ4n) is 3.08. The zero-order chi connectivity index (χ0) is 18.8. The van der Waals surface area contributed by atoms with E-state index >= 15 is 0 Å². The molecule has 1 aliphatic carbocycles. The Morgan fingerprint density at radius 1 is 1.32 bits per heavy atom. The summed E-state index contributed by atoms with van der Waals surface area (Å²) in [5, 5.41) is 16.0. The van der Waals surface area contributed by atoms with Gasteiger partial charge in [-0.1, -0.05) is 40.7 Å². The first-order valence-corrected chi connectivity index (χ1v) is 8.99. The number of carbonyl (C=O) groups is 2. The van der Waals surface area contributed by atoms with Crippen LogP contribution in [0.4, 0.5) is 5.69 Å². The van der Waals surface area contributed by atoms with Gasteiger partial charge in [-0.25, -0.2) is 0 Å². The summed E-state index contributed by atoms with van der Waals surface area (Å²) >= 11 is 0. The maximum atomic E-state index is 12.4. The molecule has 5 nitrogen and oxygen atoms in total. The van der Waals surface area contributed by atoms with Gasteiger partial charge in [0.15, 0.2) is 0 Å². The zero-order valence-electron chi connectivity index (χ0n) is 15.8. The molecule has 0 bridgehead atoms. The lowest BCUT2D eigenvalue weighted by molar-refractivity contribution is -0.117. The molecule has 1 saturated carbocycles. The molecule has 0 saturated heterocycles. The lowest BCUT2D eigenvalue weighted by Gasteiger charge is -2.33. The number of hydrogen-bond acceptors (Lipinski definition) is 3. The minimum atomic E-state index is -0.501. The van der Waals surface area contributed by atoms with Gasteiger partial charge in [0.25, 0.3) is 5.91 Å². The van der Waals surface area contributed by atoms with E-state index in [1.165, 1.54) is 0 Å². The number of carbonyl (C=O) groups excluding carboxylic acids is 2. The quantitative estimate of drug-likeness (QED) is 0.710. The normalized spacial score (nSPS) is 20.9. The Morgan fingerprint density at radius 3 is 2.52 bits per heavy atom. The van der Waals surface area contributed by atoms with Gasteiger partial charge in [-0.15, -0.1) is 0 Å².